The van der Waals surface area contributed by atoms with Gasteiger partial charge < -0.3 is 5.32 Å². The molecule has 0 heterocycles. The largest absolute Gasteiger partial charge is 0.306 e. The third-order valence-electron chi connectivity index (χ3n) is 4.13. The summed E-state index contributed by atoms with van der Waals surface area (Å²) in [6.07, 6.45) is 3.38. The van der Waals surface area contributed by atoms with E-state index >= 15 is 0 Å². The van der Waals surface area contributed by atoms with Crippen LogP contribution in [0.5, 0.6) is 0 Å². The molecule has 1 unspecified atom stereocenters. The summed E-state index contributed by atoms with van der Waals surface area (Å²) in [6, 6.07) is 9.63. The van der Waals surface area contributed by atoms with E-state index in [0.29, 0.717) is 12.1 Å². The van der Waals surface area contributed by atoms with Crippen LogP contribution in [0.1, 0.15) is 41.6 Å². The average molecular weight is 287 g/mol. The maximum atomic E-state index is 14.1. The summed E-state index contributed by atoms with van der Waals surface area (Å²) in [5.74, 6) is -0.779. The summed E-state index contributed by atoms with van der Waals surface area (Å²) in [6.45, 7) is 2.66. The number of benzene rings is 2. The smallest absolute Gasteiger partial charge is 0.128 e. The molecule has 0 saturated carbocycles. The lowest BCUT2D eigenvalue weighted by Gasteiger charge is -2.20. The highest BCUT2D eigenvalue weighted by atomic mass is 19.1. The minimum absolute atomic E-state index is 0.309. The van der Waals surface area contributed by atoms with Gasteiger partial charge in [0.2, 0.25) is 0 Å². The van der Waals surface area contributed by atoms with Crippen LogP contribution in [-0.4, -0.2) is 6.54 Å². The highest BCUT2D eigenvalue weighted by Crippen LogP contribution is 2.30. The molecule has 3 rings (SSSR count). The Morgan fingerprint density at radius 1 is 1.05 bits per heavy atom. The molecule has 3 heteroatoms. The number of rotatable bonds is 4. The van der Waals surface area contributed by atoms with Crippen molar-refractivity contribution in [3.63, 3.8) is 0 Å². The predicted octanol–water partition coefficient (Wildman–Crippen LogP) is 4.15. The average Bonchev–Trinajstić information content (AvgIpc) is 2.95. The molecular formula is C18H19F2N. The molecule has 1 aliphatic rings. The molecule has 1 aliphatic carbocycles. The van der Waals surface area contributed by atoms with Crippen LogP contribution in [0.4, 0.5) is 8.78 Å². The van der Waals surface area contributed by atoms with Gasteiger partial charge in [-0.3, -0.25) is 0 Å². The van der Waals surface area contributed by atoms with Gasteiger partial charge in [-0.2, -0.15) is 0 Å². The van der Waals surface area contributed by atoms with Gasteiger partial charge in [-0.1, -0.05) is 25.1 Å². The molecule has 0 bridgehead atoms. The Hall–Kier alpha value is -1.74. The van der Waals surface area contributed by atoms with E-state index in [-0.39, 0.29) is 11.9 Å². The highest BCUT2D eigenvalue weighted by Gasteiger charge is 2.20. The van der Waals surface area contributed by atoms with Crippen molar-refractivity contribution >= 4 is 0 Å². The van der Waals surface area contributed by atoms with E-state index in [2.05, 4.69) is 17.4 Å². The number of hydrogen-bond acceptors (Lipinski definition) is 1. The van der Waals surface area contributed by atoms with Crippen molar-refractivity contribution in [1.82, 2.24) is 5.32 Å². The van der Waals surface area contributed by atoms with Crippen molar-refractivity contribution in [3.05, 3.63) is 70.3 Å². The maximum Gasteiger partial charge on any atom is 0.128 e. The number of fused-ring (bicyclic) bond motifs is 1. The summed E-state index contributed by atoms with van der Waals surface area (Å²) in [5.41, 5.74) is 4.10. The van der Waals surface area contributed by atoms with Gasteiger partial charge in [0.1, 0.15) is 11.6 Å². The second kappa shape index (κ2) is 5.94. The zero-order chi connectivity index (χ0) is 14.8. The minimum Gasteiger partial charge on any atom is -0.306 e. The van der Waals surface area contributed by atoms with Gasteiger partial charge in [-0.25, -0.2) is 8.78 Å². The van der Waals surface area contributed by atoms with Crippen molar-refractivity contribution in [2.24, 2.45) is 0 Å². The van der Waals surface area contributed by atoms with E-state index in [4.69, 9.17) is 0 Å². The molecule has 0 aromatic heterocycles. The first kappa shape index (κ1) is 14.2. The first-order valence-corrected chi connectivity index (χ1v) is 7.49. The lowest BCUT2D eigenvalue weighted by molar-refractivity contribution is 0.544. The topological polar surface area (TPSA) is 12.0 Å². The molecule has 0 saturated heterocycles. The molecule has 110 valence electrons. The first-order valence-electron chi connectivity index (χ1n) is 7.49. The van der Waals surface area contributed by atoms with E-state index in [1.54, 1.807) is 0 Å². The standard InChI is InChI=1S/C18H19F2N/c1-2-21-18(16-11-15(19)8-9-17(16)20)14-7-6-12-4-3-5-13(12)10-14/h6-11,18,21H,2-5H2,1H3. The van der Waals surface area contributed by atoms with E-state index in [9.17, 15) is 8.78 Å². The maximum absolute atomic E-state index is 14.1. The number of hydrogen-bond donors (Lipinski definition) is 1. The minimum atomic E-state index is -0.407. The molecule has 0 radical (unpaired) electrons. The van der Waals surface area contributed by atoms with Crippen LogP contribution < -0.4 is 5.32 Å². The fourth-order valence-electron chi connectivity index (χ4n) is 3.12. The molecule has 0 aliphatic heterocycles. The van der Waals surface area contributed by atoms with Crippen molar-refractivity contribution in [2.75, 3.05) is 6.54 Å². The molecule has 1 nitrogen and oxygen atoms in total. The number of halogens is 2. The van der Waals surface area contributed by atoms with E-state index in [1.807, 2.05) is 13.0 Å². The molecule has 2 aromatic carbocycles. The summed E-state index contributed by atoms with van der Waals surface area (Å²) < 4.78 is 27.6. The third kappa shape index (κ3) is 2.84. The lowest BCUT2D eigenvalue weighted by atomic mass is 9.95. The van der Waals surface area contributed by atoms with Crippen molar-refractivity contribution in [1.29, 1.82) is 0 Å². The molecule has 21 heavy (non-hydrogen) atoms. The highest BCUT2D eigenvalue weighted by molar-refractivity contribution is 5.40. The van der Waals surface area contributed by atoms with Gasteiger partial charge in [0.05, 0.1) is 6.04 Å². The van der Waals surface area contributed by atoms with Crippen molar-refractivity contribution in [3.8, 4) is 0 Å². The van der Waals surface area contributed by atoms with Gasteiger partial charge in [-0.05, 0) is 60.7 Å². The molecule has 0 spiro atoms. The van der Waals surface area contributed by atoms with Gasteiger partial charge >= 0.3 is 0 Å². The van der Waals surface area contributed by atoms with Crippen LogP contribution >= 0.6 is 0 Å². The van der Waals surface area contributed by atoms with Gasteiger partial charge in [0.15, 0.2) is 0 Å². The monoisotopic (exact) mass is 287 g/mol. The molecule has 2 aromatic rings. The Bertz CT molecular complexity index is 652. The Morgan fingerprint density at radius 3 is 2.67 bits per heavy atom. The molecular weight excluding hydrogens is 268 g/mol. The van der Waals surface area contributed by atoms with Crippen molar-refractivity contribution < 1.29 is 8.78 Å². The SMILES string of the molecule is CCNC(c1ccc2c(c1)CCC2)c1cc(F)ccc1F. The number of nitrogens with one attached hydrogen (secondary N) is 1. The molecule has 0 amide bonds. The van der Waals surface area contributed by atoms with Crippen LogP contribution in [0, 0.1) is 11.6 Å². The Labute approximate surface area is 124 Å². The molecule has 1 atom stereocenters. The van der Waals surface area contributed by atoms with Crippen LogP contribution in [-0.2, 0) is 12.8 Å². The zero-order valence-corrected chi connectivity index (χ0v) is 12.1. The normalized spacial score (nSPS) is 15.0. The predicted molar refractivity (Wildman–Crippen MR) is 80.3 cm³/mol. The second-order valence-electron chi connectivity index (χ2n) is 5.54. The van der Waals surface area contributed by atoms with Crippen LogP contribution in [0.25, 0.3) is 0 Å². The fraction of sp³-hybridized carbons (Fsp3) is 0.333. The Balaban J connectivity index is 2.03. The summed E-state index contributed by atoms with van der Waals surface area (Å²) in [4.78, 5) is 0. The van der Waals surface area contributed by atoms with E-state index < -0.39 is 5.82 Å². The summed E-state index contributed by atoms with van der Waals surface area (Å²) in [7, 11) is 0. The van der Waals surface area contributed by atoms with E-state index in [1.165, 1.54) is 29.7 Å². The molecule has 1 N–H and O–H groups in total. The van der Waals surface area contributed by atoms with Gasteiger partial charge in [0, 0.05) is 5.56 Å². The quantitative estimate of drug-likeness (QED) is 0.890. The number of aryl methyl sites for hydroxylation is 2. The Kier molecular flexibility index (Phi) is 4.02. The van der Waals surface area contributed by atoms with Gasteiger partial charge in [0.25, 0.3) is 0 Å². The van der Waals surface area contributed by atoms with Crippen molar-refractivity contribution in [2.45, 2.75) is 32.2 Å². The van der Waals surface area contributed by atoms with Crippen LogP contribution in [0.2, 0.25) is 0 Å². The van der Waals surface area contributed by atoms with Gasteiger partial charge in [-0.15, -0.1) is 0 Å². The third-order valence-corrected chi connectivity index (χ3v) is 4.13. The Morgan fingerprint density at radius 2 is 1.86 bits per heavy atom. The first-order chi connectivity index (χ1) is 10.2. The molecule has 0 fully saturated rings. The summed E-state index contributed by atoms with van der Waals surface area (Å²) in [5, 5.41) is 3.27. The lowest BCUT2D eigenvalue weighted by Crippen LogP contribution is -2.23. The van der Waals surface area contributed by atoms with E-state index in [0.717, 1.165) is 24.5 Å². The fourth-order valence-corrected chi connectivity index (χ4v) is 3.12. The second-order valence-corrected chi connectivity index (χ2v) is 5.54. The summed E-state index contributed by atoms with van der Waals surface area (Å²) >= 11 is 0. The van der Waals surface area contributed by atoms with Crippen LogP contribution in [0.3, 0.4) is 0 Å². The zero-order valence-electron chi connectivity index (χ0n) is 12.1. The van der Waals surface area contributed by atoms with Crippen LogP contribution in [0.15, 0.2) is 36.4 Å².